The Morgan fingerprint density at radius 2 is 2.10 bits per heavy atom. The number of para-hydroxylation sites is 1. The van der Waals surface area contributed by atoms with Crippen LogP contribution in [-0.2, 0) is 11.4 Å². The second kappa shape index (κ2) is 8.50. The van der Waals surface area contributed by atoms with Crippen LogP contribution in [0.3, 0.4) is 0 Å². The van der Waals surface area contributed by atoms with Crippen molar-refractivity contribution in [2.45, 2.75) is 19.4 Å². The van der Waals surface area contributed by atoms with Gasteiger partial charge in [0.25, 0.3) is 0 Å². The van der Waals surface area contributed by atoms with E-state index in [2.05, 4.69) is 0 Å². The summed E-state index contributed by atoms with van der Waals surface area (Å²) >= 11 is 4.77. The van der Waals surface area contributed by atoms with Crippen molar-refractivity contribution in [3.05, 3.63) is 29.8 Å². The smallest absolute Gasteiger partial charge is 0.225 e. The summed E-state index contributed by atoms with van der Waals surface area (Å²) in [4.78, 5) is 13.8. The van der Waals surface area contributed by atoms with Gasteiger partial charge in [-0.1, -0.05) is 30.4 Å². The van der Waals surface area contributed by atoms with Crippen LogP contribution in [0.25, 0.3) is 0 Å². The molecule has 0 radical (unpaired) electrons. The van der Waals surface area contributed by atoms with E-state index in [-0.39, 0.29) is 25.5 Å². The molecule has 5 nitrogen and oxygen atoms in total. The standard InChI is InChI=1S/C14H20N2O3S/c1-16(8-6-13(15)20)14(18)7-9-19-12-5-3-2-4-11(12)10-17/h2-5,17H,6-10H2,1H3,(H2,15,20). The number of benzene rings is 1. The number of nitrogens with zero attached hydrogens (tertiary/aromatic N) is 1. The topological polar surface area (TPSA) is 75.8 Å². The normalized spacial score (nSPS) is 10.1. The van der Waals surface area contributed by atoms with Gasteiger partial charge in [0.05, 0.1) is 24.6 Å². The van der Waals surface area contributed by atoms with Crippen molar-refractivity contribution in [3.63, 3.8) is 0 Å². The average molecular weight is 296 g/mol. The summed E-state index contributed by atoms with van der Waals surface area (Å²) in [5, 5.41) is 9.16. The molecule has 0 unspecified atom stereocenters. The van der Waals surface area contributed by atoms with E-state index in [0.29, 0.717) is 29.3 Å². The Hall–Kier alpha value is -1.66. The first-order chi connectivity index (χ1) is 9.54. The van der Waals surface area contributed by atoms with Gasteiger partial charge in [0.1, 0.15) is 5.75 Å². The molecular formula is C14H20N2O3S. The van der Waals surface area contributed by atoms with Gasteiger partial charge in [0, 0.05) is 25.6 Å². The highest BCUT2D eigenvalue weighted by Gasteiger charge is 2.09. The Kier molecular flexibility index (Phi) is 6.97. The number of nitrogens with two attached hydrogens (primary N) is 1. The van der Waals surface area contributed by atoms with Crippen LogP contribution < -0.4 is 10.5 Å². The lowest BCUT2D eigenvalue weighted by Crippen LogP contribution is -2.30. The number of carbonyl (C=O) groups is 1. The number of rotatable bonds is 8. The minimum absolute atomic E-state index is 0.0253. The van der Waals surface area contributed by atoms with E-state index in [1.807, 2.05) is 12.1 Å². The fraction of sp³-hybridized carbons (Fsp3) is 0.429. The molecule has 3 N–H and O–H groups in total. The van der Waals surface area contributed by atoms with E-state index >= 15 is 0 Å². The maximum atomic E-state index is 11.8. The van der Waals surface area contributed by atoms with Crippen molar-refractivity contribution in [2.24, 2.45) is 5.73 Å². The van der Waals surface area contributed by atoms with Crippen molar-refractivity contribution in [2.75, 3.05) is 20.2 Å². The third-order valence-corrected chi connectivity index (χ3v) is 3.04. The molecule has 20 heavy (non-hydrogen) atoms. The van der Waals surface area contributed by atoms with E-state index in [9.17, 15) is 4.79 Å². The molecule has 0 heterocycles. The second-order valence-electron chi connectivity index (χ2n) is 4.40. The van der Waals surface area contributed by atoms with Crippen LogP contribution >= 0.6 is 12.2 Å². The molecule has 0 aliphatic rings. The van der Waals surface area contributed by atoms with Gasteiger partial charge in [-0.3, -0.25) is 4.79 Å². The summed E-state index contributed by atoms with van der Waals surface area (Å²) < 4.78 is 5.52. The summed E-state index contributed by atoms with van der Waals surface area (Å²) in [5.74, 6) is 0.580. The zero-order valence-electron chi connectivity index (χ0n) is 11.5. The fourth-order valence-electron chi connectivity index (χ4n) is 1.62. The van der Waals surface area contributed by atoms with Gasteiger partial charge < -0.3 is 20.5 Å². The second-order valence-corrected chi connectivity index (χ2v) is 4.92. The lowest BCUT2D eigenvalue weighted by molar-refractivity contribution is -0.130. The molecule has 0 saturated carbocycles. The molecule has 110 valence electrons. The fourth-order valence-corrected chi connectivity index (χ4v) is 1.71. The first-order valence-corrected chi connectivity index (χ1v) is 6.79. The number of aliphatic hydroxyl groups is 1. The largest absolute Gasteiger partial charge is 0.493 e. The Morgan fingerprint density at radius 1 is 1.40 bits per heavy atom. The molecule has 1 rings (SSSR count). The Labute approximate surface area is 124 Å². The number of thiocarbonyl (C=S) groups is 1. The van der Waals surface area contributed by atoms with E-state index in [0.717, 1.165) is 0 Å². The molecule has 1 amide bonds. The molecule has 0 atom stereocenters. The molecule has 0 bridgehead atoms. The Bertz CT molecular complexity index is 465. The molecule has 0 fully saturated rings. The van der Waals surface area contributed by atoms with Crippen LogP contribution in [0, 0.1) is 0 Å². The van der Waals surface area contributed by atoms with Gasteiger partial charge in [-0.25, -0.2) is 0 Å². The number of aliphatic hydroxyl groups excluding tert-OH is 1. The monoisotopic (exact) mass is 296 g/mol. The van der Waals surface area contributed by atoms with E-state index in [1.54, 1.807) is 24.1 Å². The summed E-state index contributed by atoms with van der Waals surface area (Å²) in [6.07, 6.45) is 0.791. The maximum Gasteiger partial charge on any atom is 0.225 e. The van der Waals surface area contributed by atoms with Gasteiger partial charge >= 0.3 is 0 Å². The molecule has 0 aromatic heterocycles. The summed E-state index contributed by atoms with van der Waals surface area (Å²) in [7, 11) is 1.71. The summed E-state index contributed by atoms with van der Waals surface area (Å²) in [6.45, 7) is 0.701. The zero-order chi connectivity index (χ0) is 15.0. The van der Waals surface area contributed by atoms with Crippen molar-refractivity contribution < 1.29 is 14.6 Å². The van der Waals surface area contributed by atoms with Crippen molar-refractivity contribution >= 4 is 23.1 Å². The molecule has 1 aromatic rings. The first kappa shape index (κ1) is 16.4. The minimum Gasteiger partial charge on any atom is -0.493 e. The number of hydrogen-bond donors (Lipinski definition) is 2. The van der Waals surface area contributed by atoms with Gasteiger partial charge in [-0.2, -0.15) is 0 Å². The van der Waals surface area contributed by atoms with Gasteiger partial charge in [-0.05, 0) is 6.07 Å². The molecular weight excluding hydrogens is 276 g/mol. The average Bonchev–Trinajstić information content (AvgIpc) is 2.45. The number of ether oxygens (including phenoxy) is 1. The number of carbonyl (C=O) groups excluding carboxylic acids is 1. The highest BCUT2D eigenvalue weighted by Crippen LogP contribution is 2.17. The first-order valence-electron chi connectivity index (χ1n) is 6.38. The molecule has 0 aliphatic heterocycles. The Morgan fingerprint density at radius 3 is 2.75 bits per heavy atom. The predicted molar refractivity (Wildman–Crippen MR) is 81.5 cm³/mol. The molecule has 0 spiro atoms. The zero-order valence-corrected chi connectivity index (χ0v) is 12.4. The van der Waals surface area contributed by atoms with Crippen molar-refractivity contribution in [3.8, 4) is 5.75 Å². The van der Waals surface area contributed by atoms with Crippen molar-refractivity contribution in [1.82, 2.24) is 4.90 Å². The summed E-state index contributed by atoms with van der Waals surface area (Å²) in [5.41, 5.74) is 6.10. The van der Waals surface area contributed by atoms with Crippen LogP contribution in [0.2, 0.25) is 0 Å². The number of hydrogen-bond acceptors (Lipinski definition) is 4. The highest BCUT2D eigenvalue weighted by molar-refractivity contribution is 7.80. The van der Waals surface area contributed by atoms with Crippen LogP contribution in [0.1, 0.15) is 18.4 Å². The van der Waals surface area contributed by atoms with Gasteiger partial charge in [0.15, 0.2) is 0 Å². The minimum atomic E-state index is -0.0853. The van der Waals surface area contributed by atoms with Crippen LogP contribution in [0.5, 0.6) is 5.75 Å². The van der Waals surface area contributed by atoms with E-state index < -0.39 is 0 Å². The van der Waals surface area contributed by atoms with Crippen LogP contribution in [0.15, 0.2) is 24.3 Å². The predicted octanol–water partition coefficient (Wildman–Crippen LogP) is 1.08. The third kappa shape index (κ3) is 5.54. The van der Waals surface area contributed by atoms with Gasteiger partial charge in [0.2, 0.25) is 5.91 Å². The van der Waals surface area contributed by atoms with Gasteiger partial charge in [-0.15, -0.1) is 0 Å². The Balaban J connectivity index is 2.36. The van der Waals surface area contributed by atoms with Crippen LogP contribution in [-0.4, -0.2) is 41.1 Å². The van der Waals surface area contributed by atoms with Crippen LogP contribution in [0.4, 0.5) is 0 Å². The lowest BCUT2D eigenvalue weighted by Gasteiger charge is -2.17. The summed E-state index contributed by atoms with van der Waals surface area (Å²) in [6, 6.07) is 7.20. The third-order valence-electron chi connectivity index (χ3n) is 2.84. The number of amides is 1. The van der Waals surface area contributed by atoms with E-state index in [4.69, 9.17) is 27.8 Å². The van der Waals surface area contributed by atoms with Crippen molar-refractivity contribution in [1.29, 1.82) is 0 Å². The molecule has 1 aromatic carbocycles. The molecule has 0 aliphatic carbocycles. The lowest BCUT2D eigenvalue weighted by atomic mass is 10.2. The molecule has 6 heteroatoms. The highest BCUT2D eigenvalue weighted by atomic mass is 32.1. The maximum absolute atomic E-state index is 11.8. The SMILES string of the molecule is CN(CCC(N)=S)C(=O)CCOc1ccccc1CO. The molecule has 0 saturated heterocycles. The quantitative estimate of drug-likeness (QED) is 0.702. The van der Waals surface area contributed by atoms with E-state index in [1.165, 1.54) is 0 Å².